The van der Waals surface area contributed by atoms with Crippen LogP contribution in [0, 0.1) is 11.3 Å². The molecule has 0 saturated carbocycles. The SMILES string of the molecule is C[C@H](C(=O)Nc1ccccc1C#N)[NH+](C)Cc1ccc(Cl)cc1. The molecule has 2 aromatic carbocycles. The molecule has 1 unspecified atom stereocenters. The first-order chi connectivity index (χ1) is 11.0. The highest BCUT2D eigenvalue weighted by atomic mass is 35.5. The Hall–Kier alpha value is -2.35. The van der Waals surface area contributed by atoms with Crippen molar-refractivity contribution in [2.45, 2.75) is 19.5 Å². The van der Waals surface area contributed by atoms with Crippen molar-refractivity contribution in [3.8, 4) is 6.07 Å². The number of benzene rings is 2. The molecule has 1 amide bonds. The molecule has 0 fully saturated rings. The number of carbonyl (C=O) groups is 1. The van der Waals surface area contributed by atoms with Gasteiger partial charge in [0.15, 0.2) is 6.04 Å². The molecule has 0 bridgehead atoms. The molecule has 0 aliphatic carbocycles. The van der Waals surface area contributed by atoms with Gasteiger partial charge in [-0.25, -0.2) is 0 Å². The van der Waals surface area contributed by atoms with Gasteiger partial charge < -0.3 is 10.2 Å². The van der Waals surface area contributed by atoms with Crippen molar-refractivity contribution >= 4 is 23.2 Å². The van der Waals surface area contributed by atoms with Crippen LogP contribution in [0.15, 0.2) is 48.5 Å². The van der Waals surface area contributed by atoms with Crippen LogP contribution in [0.5, 0.6) is 0 Å². The Labute approximate surface area is 141 Å². The van der Waals surface area contributed by atoms with Gasteiger partial charge in [-0.1, -0.05) is 35.9 Å². The maximum Gasteiger partial charge on any atom is 0.282 e. The molecule has 0 aliphatic rings. The summed E-state index contributed by atoms with van der Waals surface area (Å²) in [6.07, 6.45) is 0. The summed E-state index contributed by atoms with van der Waals surface area (Å²) in [5.74, 6) is -0.112. The molecule has 23 heavy (non-hydrogen) atoms. The van der Waals surface area contributed by atoms with Crippen molar-refractivity contribution in [2.75, 3.05) is 12.4 Å². The van der Waals surface area contributed by atoms with Crippen LogP contribution in [0.4, 0.5) is 5.69 Å². The maximum absolute atomic E-state index is 12.4. The summed E-state index contributed by atoms with van der Waals surface area (Å²) >= 11 is 5.88. The molecule has 2 N–H and O–H groups in total. The van der Waals surface area contributed by atoms with Gasteiger partial charge in [0, 0.05) is 10.6 Å². The number of rotatable bonds is 5. The molecule has 4 nitrogen and oxygen atoms in total. The van der Waals surface area contributed by atoms with E-state index in [0.29, 0.717) is 22.8 Å². The molecule has 2 rings (SSSR count). The van der Waals surface area contributed by atoms with Crippen molar-refractivity contribution < 1.29 is 9.69 Å². The average Bonchev–Trinajstić information content (AvgIpc) is 2.56. The zero-order valence-corrected chi connectivity index (χ0v) is 13.9. The van der Waals surface area contributed by atoms with Gasteiger partial charge in [0.25, 0.3) is 5.91 Å². The van der Waals surface area contributed by atoms with Gasteiger partial charge in [-0.2, -0.15) is 5.26 Å². The van der Waals surface area contributed by atoms with Crippen molar-refractivity contribution in [1.82, 2.24) is 0 Å². The van der Waals surface area contributed by atoms with E-state index in [-0.39, 0.29) is 11.9 Å². The summed E-state index contributed by atoms with van der Waals surface area (Å²) in [4.78, 5) is 13.5. The van der Waals surface area contributed by atoms with Crippen molar-refractivity contribution in [2.24, 2.45) is 0 Å². The predicted octanol–water partition coefficient (Wildman–Crippen LogP) is 2.25. The van der Waals surface area contributed by atoms with Crippen LogP contribution < -0.4 is 10.2 Å². The minimum Gasteiger partial charge on any atom is -0.324 e. The number of nitrogens with one attached hydrogen (secondary N) is 2. The quantitative estimate of drug-likeness (QED) is 0.884. The van der Waals surface area contributed by atoms with Crippen molar-refractivity contribution in [3.05, 3.63) is 64.7 Å². The first-order valence-corrected chi connectivity index (χ1v) is 7.76. The molecule has 0 aliphatic heterocycles. The Morgan fingerprint density at radius 2 is 1.91 bits per heavy atom. The second kappa shape index (κ2) is 7.77. The summed E-state index contributed by atoms with van der Waals surface area (Å²) in [6, 6.07) is 16.4. The largest absolute Gasteiger partial charge is 0.324 e. The number of nitrogens with zero attached hydrogens (tertiary/aromatic N) is 1. The molecule has 5 heteroatoms. The number of carbonyl (C=O) groups excluding carboxylic acids is 1. The first kappa shape index (κ1) is 17.0. The molecule has 0 spiro atoms. The monoisotopic (exact) mass is 328 g/mol. The van der Waals surface area contributed by atoms with Crippen LogP contribution in [0.1, 0.15) is 18.1 Å². The fraction of sp³-hybridized carbons (Fsp3) is 0.222. The number of anilines is 1. The van der Waals surface area contributed by atoms with E-state index in [4.69, 9.17) is 16.9 Å². The summed E-state index contributed by atoms with van der Waals surface area (Å²) < 4.78 is 0. The normalized spacial score (nSPS) is 13.0. The smallest absolute Gasteiger partial charge is 0.282 e. The molecule has 2 aromatic rings. The zero-order valence-electron chi connectivity index (χ0n) is 13.1. The van der Waals surface area contributed by atoms with Gasteiger partial charge in [0.2, 0.25) is 0 Å². The molecule has 0 radical (unpaired) electrons. The fourth-order valence-electron chi connectivity index (χ4n) is 2.23. The van der Waals surface area contributed by atoms with E-state index >= 15 is 0 Å². The maximum atomic E-state index is 12.4. The summed E-state index contributed by atoms with van der Waals surface area (Å²) in [6.45, 7) is 2.58. The number of hydrogen-bond acceptors (Lipinski definition) is 2. The Balaban J connectivity index is 2.01. The van der Waals surface area contributed by atoms with Gasteiger partial charge in [-0.3, -0.25) is 4.79 Å². The van der Waals surface area contributed by atoms with Crippen LogP contribution >= 0.6 is 11.6 Å². The number of likely N-dealkylation sites (N-methyl/N-ethyl adjacent to an activating group) is 1. The zero-order chi connectivity index (χ0) is 16.8. The first-order valence-electron chi connectivity index (χ1n) is 7.38. The molecular formula is C18H19ClN3O+. The van der Waals surface area contributed by atoms with E-state index in [1.54, 1.807) is 24.3 Å². The lowest BCUT2D eigenvalue weighted by molar-refractivity contribution is -0.907. The van der Waals surface area contributed by atoms with Gasteiger partial charge in [-0.15, -0.1) is 0 Å². The number of quaternary nitrogens is 1. The fourth-order valence-corrected chi connectivity index (χ4v) is 2.36. The van der Waals surface area contributed by atoms with Crippen LogP contribution in [0.25, 0.3) is 0 Å². The lowest BCUT2D eigenvalue weighted by Crippen LogP contribution is -3.12. The van der Waals surface area contributed by atoms with Crippen LogP contribution in [0.3, 0.4) is 0 Å². The molecule has 2 atom stereocenters. The molecule has 0 heterocycles. The van der Waals surface area contributed by atoms with Crippen LogP contribution in [-0.2, 0) is 11.3 Å². The molecule has 118 valence electrons. The van der Waals surface area contributed by atoms with Crippen LogP contribution in [-0.4, -0.2) is 19.0 Å². The Morgan fingerprint density at radius 1 is 1.26 bits per heavy atom. The van der Waals surface area contributed by atoms with Crippen LogP contribution in [0.2, 0.25) is 5.02 Å². The van der Waals surface area contributed by atoms with E-state index in [0.717, 1.165) is 10.5 Å². The summed E-state index contributed by atoms with van der Waals surface area (Å²) in [5, 5.41) is 12.6. The number of nitriles is 1. The van der Waals surface area contributed by atoms with E-state index < -0.39 is 0 Å². The predicted molar refractivity (Wildman–Crippen MR) is 91.3 cm³/mol. The number of para-hydroxylation sites is 1. The minimum atomic E-state index is -0.252. The van der Waals surface area contributed by atoms with E-state index in [1.165, 1.54) is 0 Å². The third-order valence-corrected chi connectivity index (χ3v) is 4.09. The van der Waals surface area contributed by atoms with E-state index in [1.807, 2.05) is 38.2 Å². The highest BCUT2D eigenvalue weighted by molar-refractivity contribution is 6.30. The minimum absolute atomic E-state index is 0.112. The van der Waals surface area contributed by atoms with Gasteiger partial charge in [0.1, 0.15) is 12.6 Å². The second-order valence-electron chi connectivity index (χ2n) is 5.52. The standard InChI is InChI=1S/C18H18ClN3O/c1-13(22(2)12-14-7-9-16(19)10-8-14)18(23)21-17-6-4-3-5-15(17)11-20/h3-10,13H,12H2,1-2H3,(H,21,23)/p+1/t13-/m1/s1. The van der Waals surface area contributed by atoms with Gasteiger partial charge >= 0.3 is 0 Å². The lowest BCUT2D eigenvalue weighted by Gasteiger charge is -2.21. The highest BCUT2D eigenvalue weighted by Gasteiger charge is 2.22. The van der Waals surface area contributed by atoms with E-state index in [2.05, 4.69) is 11.4 Å². The Bertz CT molecular complexity index is 722. The van der Waals surface area contributed by atoms with Gasteiger partial charge in [-0.05, 0) is 31.2 Å². The molecule has 0 saturated heterocycles. The topological polar surface area (TPSA) is 57.3 Å². The number of hydrogen-bond donors (Lipinski definition) is 2. The highest BCUT2D eigenvalue weighted by Crippen LogP contribution is 2.13. The number of amides is 1. The molecule has 0 aromatic heterocycles. The molecular weight excluding hydrogens is 310 g/mol. The summed E-state index contributed by atoms with van der Waals surface area (Å²) in [7, 11) is 1.97. The third kappa shape index (κ3) is 4.56. The second-order valence-corrected chi connectivity index (χ2v) is 5.95. The Kier molecular flexibility index (Phi) is 5.75. The summed E-state index contributed by atoms with van der Waals surface area (Å²) in [5.41, 5.74) is 2.12. The lowest BCUT2D eigenvalue weighted by atomic mass is 10.1. The van der Waals surface area contributed by atoms with Crippen molar-refractivity contribution in [3.63, 3.8) is 0 Å². The average molecular weight is 329 g/mol. The third-order valence-electron chi connectivity index (χ3n) is 3.83. The van der Waals surface area contributed by atoms with E-state index in [9.17, 15) is 4.79 Å². The van der Waals surface area contributed by atoms with Gasteiger partial charge in [0.05, 0.1) is 18.3 Å². The number of halogens is 1. The Morgan fingerprint density at radius 3 is 2.57 bits per heavy atom. The van der Waals surface area contributed by atoms with Crippen molar-refractivity contribution in [1.29, 1.82) is 5.26 Å².